The third kappa shape index (κ3) is 3.81. The Labute approximate surface area is 129 Å². The molecule has 1 saturated heterocycles. The van der Waals surface area contributed by atoms with Crippen LogP contribution in [0.2, 0.25) is 0 Å². The van der Waals surface area contributed by atoms with Crippen molar-refractivity contribution in [2.45, 2.75) is 19.4 Å². The van der Waals surface area contributed by atoms with E-state index >= 15 is 0 Å². The minimum Gasteiger partial charge on any atom is -0.504 e. The number of likely N-dealkylation sites (tertiary alicyclic amines) is 1. The van der Waals surface area contributed by atoms with Crippen LogP contribution in [0.1, 0.15) is 18.4 Å². The minimum absolute atomic E-state index is 0.0384. The highest BCUT2D eigenvalue weighted by Crippen LogP contribution is 2.26. The van der Waals surface area contributed by atoms with Crippen LogP contribution < -0.4 is 15.8 Å². The summed E-state index contributed by atoms with van der Waals surface area (Å²) in [5.74, 6) is -0.00327. The lowest BCUT2D eigenvalue weighted by atomic mass is 9.96. The van der Waals surface area contributed by atoms with Crippen molar-refractivity contribution in [3.05, 3.63) is 23.8 Å². The number of amides is 3. The van der Waals surface area contributed by atoms with Crippen LogP contribution in [0.5, 0.6) is 11.5 Å². The molecule has 1 heterocycles. The second kappa shape index (κ2) is 7.02. The molecule has 1 aliphatic rings. The topological polar surface area (TPSA) is 105 Å². The smallest absolute Gasteiger partial charge is 0.317 e. The fraction of sp³-hybridized carbons (Fsp3) is 0.467. The number of nitrogens with one attached hydrogen (secondary N) is 1. The Kier molecular flexibility index (Phi) is 5.08. The van der Waals surface area contributed by atoms with Gasteiger partial charge in [-0.2, -0.15) is 0 Å². The van der Waals surface area contributed by atoms with Crippen LogP contribution in [-0.4, -0.2) is 42.1 Å². The monoisotopic (exact) mass is 307 g/mol. The number of ether oxygens (including phenoxy) is 1. The number of carbonyl (C=O) groups excluding carboxylic acids is 2. The number of urea groups is 1. The van der Waals surface area contributed by atoms with Crippen LogP contribution >= 0.6 is 0 Å². The van der Waals surface area contributed by atoms with E-state index in [9.17, 15) is 14.7 Å². The standard InChI is InChI=1S/C15H21N3O4/c1-22-13-3-2-10(8-12(13)19)9-17-15(21)18-6-4-11(5-7-18)14(16)20/h2-3,8,11,19H,4-7,9H2,1H3,(H2,16,20)(H,17,21). The number of phenolic OH excluding ortho intramolecular Hbond substituents is 1. The van der Waals surface area contributed by atoms with Crippen molar-refractivity contribution in [3.63, 3.8) is 0 Å². The summed E-state index contributed by atoms with van der Waals surface area (Å²) in [5, 5.41) is 12.5. The van der Waals surface area contributed by atoms with E-state index in [0.717, 1.165) is 5.56 Å². The van der Waals surface area contributed by atoms with Gasteiger partial charge < -0.3 is 25.8 Å². The van der Waals surface area contributed by atoms with Crippen molar-refractivity contribution in [3.8, 4) is 11.5 Å². The number of phenols is 1. The normalized spacial score (nSPS) is 15.4. The summed E-state index contributed by atoms with van der Waals surface area (Å²) in [6, 6.07) is 4.80. The molecule has 0 saturated carbocycles. The number of hydrogen-bond acceptors (Lipinski definition) is 4. The molecule has 0 spiro atoms. The molecule has 3 amide bonds. The number of nitrogens with zero attached hydrogens (tertiary/aromatic N) is 1. The number of primary amides is 1. The van der Waals surface area contributed by atoms with E-state index in [2.05, 4.69) is 5.32 Å². The average Bonchev–Trinajstić information content (AvgIpc) is 2.52. The van der Waals surface area contributed by atoms with Crippen LogP contribution in [0.4, 0.5) is 4.79 Å². The van der Waals surface area contributed by atoms with Crippen LogP contribution in [0.25, 0.3) is 0 Å². The Morgan fingerprint density at radius 1 is 1.41 bits per heavy atom. The maximum Gasteiger partial charge on any atom is 0.317 e. The largest absolute Gasteiger partial charge is 0.504 e. The molecule has 7 nitrogen and oxygen atoms in total. The summed E-state index contributed by atoms with van der Waals surface area (Å²) in [6.45, 7) is 1.35. The molecule has 0 aliphatic carbocycles. The zero-order valence-corrected chi connectivity index (χ0v) is 12.5. The van der Waals surface area contributed by atoms with Gasteiger partial charge in [0.2, 0.25) is 5.91 Å². The first kappa shape index (κ1) is 15.9. The van der Waals surface area contributed by atoms with Crippen molar-refractivity contribution in [2.24, 2.45) is 11.7 Å². The van der Waals surface area contributed by atoms with E-state index in [1.165, 1.54) is 7.11 Å². The molecule has 22 heavy (non-hydrogen) atoms. The number of rotatable bonds is 4. The van der Waals surface area contributed by atoms with Gasteiger partial charge in [-0.3, -0.25) is 4.79 Å². The number of benzene rings is 1. The molecule has 1 aromatic carbocycles. The first-order valence-electron chi connectivity index (χ1n) is 7.19. The molecule has 0 radical (unpaired) electrons. The summed E-state index contributed by atoms with van der Waals surface area (Å²) in [5.41, 5.74) is 6.05. The van der Waals surface area contributed by atoms with E-state index < -0.39 is 0 Å². The maximum absolute atomic E-state index is 12.1. The van der Waals surface area contributed by atoms with Gasteiger partial charge >= 0.3 is 6.03 Å². The van der Waals surface area contributed by atoms with Crippen molar-refractivity contribution < 1.29 is 19.4 Å². The molecule has 1 aliphatic heterocycles. The highest BCUT2D eigenvalue weighted by molar-refractivity contribution is 5.78. The number of carbonyl (C=O) groups is 2. The SMILES string of the molecule is COc1ccc(CNC(=O)N2CCC(C(N)=O)CC2)cc1O. The predicted molar refractivity (Wildman–Crippen MR) is 80.4 cm³/mol. The Hall–Kier alpha value is -2.44. The van der Waals surface area contributed by atoms with Crippen LogP contribution in [0.3, 0.4) is 0 Å². The molecule has 4 N–H and O–H groups in total. The lowest BCUT2D eigenvalue weighted by molar-refractivity contribution is -0.123. The van der Waals surface area contributed by atoms with Crippen molar-refractivity contribution in [1.29, 1.82) is 0 Å². The van der Waals surface area contributed by atoms with E-state index in [1.54, 1.807) is 23.1 Å². The number of methoxy groups -OCH3 is 1. The Balaban J connectivity index is 1.83. The van der Waals surface area contributed by atoms with Gasteiger partial charge in [0, 0.05) is 25.6 Å². The fourth-order valence-corrected chi connectivity index (χ4v) is 2.50. The lowest BCUT2D eigenvalue weighted by Gasteiger charge is -2.30. The average molecular weight is 307 g/mol. The Bertz CT molecular complexity index is 554. The minimum atomic E-state index is -0.297. The molecule has 0 bridgehead atoms. The number of hydrogen-bond donors (Lipinski definition) is 3. The second-order valence-corrected chi connectivity index (χ2v) is 5.33. The summed E-state index contributed by atoms with van der Waals surface area (Å²) in [7, 11) is 1.48. The zero-order chi connectivity index (χ0) is 16.1. The van der Waals surface area contributed by atoms with E-state index in [1.807, 2.05) is 0 Å². The van der Waals surface area contributed by atoms with Gasteiger partial charge in [0.05, 0.1) is 7.11 Å². The third-order valence-corrected chi connectivity index (χ3v) is 3.87. The van der Waals surface area contributed by atoms with Gasteiger partial charge in [0.15, 0.2) is 11.5 Å². The van der Waals surface area contributed by atoms with Crippen molar-refractivity contribution in [2.75, 3.05) is 20.2 Å². The van der Waals surface area contributed by atoms with Crippen LogP contribution in [0, 0.1) is 5.92 Å². The zero-order valence-electron chi connectivity index (χ0n) is 12.5. The molecule has 2 rings (SSSR count). The van der Waals surface area contributed by atoms with E-state index in [4.69, 9.17) is 10.5 Å². The molecule has 1 fully saturated rings. The van der Waals surface area contributed by atoms with Gasteiger partial charge in [0.1, 0.15) is 0 Å². The second-order valence-electron chi connectivity index (χ2n) is 5.33. The summed E-state index contributed by atoms with van der Waals surface area (Å²) < 4.78 is 4.97. The molecular weight excluding hydrogens is 286 g/mol. The molecule has 0 aromatic heterocycles. The summed E-state index contributed by atoms with van der Waals surface area (Å²) >= 11 is 0. The highest BCUT2D eigenvalue weighted by atomic mass is 16.5. The van der Waals surface area contributed by atoms with Gasteiger partial charge in [0.25, 0.3) is 0 Å². The van der Waals surface area contributed by atoms with Gasteiger partial charge in [-0.25, -0.2) is 4.79 Å². The highest BCUT2D eigenvalue weighted by Gasteiger charge is 2.25. The van der Waals surface area contributed by atoms with Gasteiger partial charge in [-0.15, -0.1) is 0 Å². The summed E-state index contributed by atoms with van der Waals surface area (Å²) in [6.07, 6.45) is 1.21. The third-order valence-electron chi connectivity index (χ3n) is 3.87. The molecule has 0 atom stereocenters. The fourth-order valence-electron chi connectivity index (χ4n) is 2.50. The molecule has 1 aromatic rings. The molecule has 0 unspecified atom stereocenters. The van der Waals surface area contributed by atoms with Crippen molar-refractivity contribution >= 4 is 11.9 Å². The molecular formula is C15H21N3O4. The van der Waals surface area contributed by atoms with Crippen LogP contribution in [0.15, 0.2) is 18.2 Å². The first-order valence-corrected chi connectivity index (χ1v) is 7.19. The maximum atomic E-state index is 12.1. The Morgan fingerprint density at radius 3 is 2.64 bits per heavy atom. The van der Waals surface area contributed by atoms with Crippen molar-refractivity contribution in [1.82, 2.24) is 10.2 Å². The quantitative estimate of drug-likeness (QED) is 0.765. The first-order chi connectivity index (χ1) is 10.5. The van der Waals surface area contributed by atoms with E-state index in [-0.39, 0.29) is 23.6 Å². The summed E-state index contributed by atoms with van der Waals surface area (Å²) in [4.78, 5) is 24.8. The number of nitrogens with two attached hydrogens (primary N) is 1. The Morgan fingerprint density at radius 2 is 2.09 bits per heavy atom. The number of aromatic hydroxyl groups is 1. The lowest BCUT2D eigenvalue weighted by Crippen LogP contribution is -2.46. The van der Waals surface area contributed by atoms with Gasteiger partial charge in [-0.1, -0.05) is 6.07 Å². The molecule has 120 valence electrons. The van der Waals surface area contributed by atoms with Crippen LogP contribution in [-0.2, 0) is 11.3 Å². The predicted octanol–water partition coefficient (Wildman–Crippen LogP) is 0.808. The number of piperidine rings is 1. The molecule has 7 heteroatoms. The van der Waals surface area contributed by atoms with Gasteiger partial charge in [-0.05, 0) is 30.5 Å². The van der Waals surface area contributed by atoms with E-state index in [0.29, 0.717) is 38.2 Å².